The van der Waals surface area contributed by atoms with Crippen LogP contribution >= 0.6 is 0 Å². The predicted octanol–water partition coefficient (Wildman–Crippen LogP) is 1.28. The molecule has 1 saturated carbocycles. The first-order valence-corrected chi connectivity index (χ1v) is 8.35. The Labute approximate surface area is 126 Å². The lowest BCUT2D eigenvalue weighted by atomic mass is 9.83. The van der Waals surface area contributed by atoms with E-state index in [1.54, 1.807) is 0 Å². The summed E-state index contributed by atoms with van der Waals surface area (Å²) in [6.07, 6.45) is 9.19. The summed E-state index contributed by atoms with van der Waals surface area (Å²) in [6, 6.07) is 3.59. The highest BCUT2D eigenvalue weighted by molar-refractivity contribution is 5.79. The van der Waals surface area contributed by atoms with Gasteiger partial charge >= 0.3 is 0 Å². The number of carbonyl (C=O) groups excluding carboxylic acids is 1. The summed E-state index contributed by atoms with van der Waals surface area (Å²) in [7, 11) is 0. The fraction of sp³-hybridized carbons (Fsp3) is 0.875. The van der Waals surface area contributed by atoms with Gasteiger partial charge in [-0.2, -0.15) is 5.26 Å². The van der Waals surface area contributed by atoms with Gasteiger partial charge in [0.25, 0.3) is 0 Å². The van der Waals surface area contributed by atoms with Crippen molar-refractivity contribution in [2.45, 2.75) is 81.5 Å². The normalized spacial score (nSPS) is 35.1. The molecule has 2 bridgehead atoms. The van der Waals surface area contributed by atoms with E-state index in [0.29, 0.717) is 24.7 Å². The van der Waals surface area contributed by atoms with Gasteiger partial charge in [-0.25, -0.2) is 0 Å². The van der Waals surface area contributed by atoms with Gasteiger partial charge in [0.15, 0.2) is 0 Å². The Morgan fingerprint density at radius 2 is 1.86 bits per heavy atom. The van der Waals surface area contributed by atoms with Gasteiger partial charge in [-0.3, -0.25) is 9.69 Å². The summed E-state index contributed by atoms with van der Waals surface area (Å²) < 4.78 is 0. The number of fused-ring (bicyclic) bond motifs is 2. The Kier molecular flexibility index (Phi) is 4.19. The van der Waals surface area contributed by atoms with E-state index in [9.17, 15) is 10.1 Å². The Morgan fingerprint density at radius 1 is 1.24 bits per heavy atom. The first kappa shape index (κ1) is 14.8. The summed E-state index contributed by atoms with van der Waals surface area (Å²) in [5.41, 5.74) is 5.46. The maximum atomic E-state index is 12.4. The molecule has 116 valence electrons. The van der Waals surface area contributed by atoms with E-state index in [1.165, 1.54) is 6.42 Å². The van der Waals surface area contributed by atoms with Crippen molar-refractivity contribution < 1.29 is 4.79 Å². The third-order valence-corrected chi connectivity index (χ3v) is 5.55. The van der Waals surface area contributed by atoms with Crippen LogP contribution in [0.5, 0.6) is 0 Å². The van der Waals surface area contributed by atoms with Crippen LogP contribution in [0.25, 0.3) is 0 Å². The average molecular weight is 290 g/mol. The van der Waals surface area contributed by atoms with E-state index >= 15 is 0 Å². The van der Waals surface area contributed by atoms with E-state index in [-0.39, 0.29) is 5.91 Å². The Balaban J connectivity index is 1.58. The van der Waals surface area contributed by atoms with Gasteiger partial charge in [0.2, 0.25) is 5.91 Å². The Hall–Kier alpha value is -1.12. The summed E-state index contributed by atoms with van der Waals surface area (Å²) in [6.45, 7) is 0.436. The first-order valence-electron chi connectivity index (χ1n) is 8.35. The van der Waals surface area contributed by atoms with Gasteiger partial charge in [0, 0.05) is 18.1 Å². The van der Waals surface area contributed by atoms with Crippen LogP contribution in [0.15, 0.2) is 0 Å². The van der Waals surface area contributed by atoms with Crippen molar-refractivity contribution in [3.63, 3.8) is 0 Å². The molecular weight excluding hydrogens is 264 g/mol. The second-order valence-corrected chi connectivity index (χ2v) is 7.09. The topological polar surface area (TPSA) is 82.2 Å². The SMILES string of the molecule is N#CC1(NC(=O)CN2C3CCC2CC(N)C3)CCCCC1. The zero-order valence-corrected chi connectivity index (χ0v) is 12.7. The largest absolute Gasteiger partial charge is 0.337 e. The van der Waals surface area contributed by atoms with Crippen LogP contribution in [0.2, 0.25) is 0 Å². The molecule has 2 aliphatic heterocycles. The molecule has 3 rings (SSSR count). The van der Waals surface area contributed by atoms with Crippen LogP contribution in [0.3, 0.4) is 0 Å². The second-order valence-electron chi connectivity index (χ2n) is 7.09. The molecule has 1 aliphatic carbocycles. The molecule has 2 atom stereocenters. The summed E-state index contributed by atoms with van der Waals surface area (Å²) in [5.74, 6) is 0.0193. The highest BCUT2D eigenvalue weighted by Crippen LogP contribution is 2.35. The van der Waals surface area contributed by atoms with Gasteiger partial charge in [0.1, 0.15) is 5.54 Å². The van der Waals surface area contributed by atoms with E-state index in [1.807, 2.05) is 0 Å². The van der Waals surface area contributed by atoms with Crippen molar-refractivity contribution >= 4 is 5.91 Å². The summed E-state index contributed by atoms with van der Waals surface area (Å²) in [5, 5.41) is 12.5. The van der Waals surface area contributed by atoms with Crippen LogP contribution in [-0.2, 0) is 4.79 Å². The summed E-state index contributed by atoms with van der Waals surface area (Å²) >= 11 is 0. The van der Waals surface area contributed by atoms with Crippen molar-refractivity contribution in [3.05, 3.63) is 0 Å². The number of nitriles is 1. The zero-order valence-electron chi connectivity index (χ0n) is 12.7. The quantitative estimate of drug-likeness (QED) is 0.820. The lowest BCUT2D eigenvalue weighted by Crippen LogP contribution is -2.55. The zero-order chi connectivity index (χ0) is 14.9. The molecule has 1 amide bonds. The maximum absolute atomic E-state index is 12.4. The number of nitrogens with one attached hydrogen (secondary N) is 1. The minimum atomic E-state index is -0.611. The third-order valence-electron chi connectivity index (χ3n) is 5.55. The standard InChI is InChI=1S/C16H26N4O/c17-11-16(6-2-1-3-7-16)19-15(21)10-20-13-4-5-14(20)9-12(18)8-13/h12-14H,1-10,18H2,(H,19,21). The van der Waals surface area contributed by atoms with Gasteiger partial charge in [-0.05, 0) is 38.5 Å². The lowest BCUT2D eigenvalue weighted by molar-refractivity contribution is -0.125. The van der Waals surface area contributed by atoms with Crippen LogP contribution in [0.1, 0.15) is 57.8 Å². The van der Waals surface area contributed by atoms with E-state index < -0.39 is 5.54 Å². The van der Waals surface area contributed by atoms with Gasteiger partial charge in [-0.1, -0.05) is 19.3 Å². The fourth-order valence-corrected chi connectivity index (χ4v) is 4.47. The van der Waals surface area contributed by atoms with Gasteiger partial charge < -0.3 is 11.1 Å². The van der Waals surface area contributed by atoms with E-state index in [0.717, 1.165) is 51.4 Å². The van der Waals surface area contributed by atoms with Crippen molar-refractivity contribution in [1.82, 2.24) is 10.2 Å². The number of piperidine rings is 1. The van der Waals surface area contributed by atoms with Crippen LogP contribution in [-0.4, -0.2) is 41.0 Å². The number of nitrogens with zero attached hydrogens (tertiary/aromatic N) is 2. The Bertz CT molecular complexity index is 424. The number of hydrogen-bond acceptors (Lipinski definition) is 4. The second kappa shape index (κ2) is 5.94. The minimum absolute atomic E-state index is 0.0193. The number of amides is 1. The van der Waals surface area contributed by atoms with Crippen molar-refractivity contribution in [2.75, 3.05) is 6.54 Å². The lowest BCUT2D eigenvalue weighted by Gasteiger charge is -2.38. The molecule has 0 aromatic rings. The smallest absolute Gasteiger partial charge is 0.235 e. The molecular formula is C16H26N4O. The molecule has 2 unspecified atom stereocenters. The number of nitrogens with two attached hydrogens (primary N) is 1. The molecule has 2 saturated heterocycles. The van der Waals surface area contributed by atoms with Crippen molar-refractivity contribution in [1.29, 1.82) is 5.26 Å². The molecule has 3 fully saturated rings. The predicted molar refractivity (Wildman–Crippen MR) is 80.3 cm³/mol. The summed E-state index contributed by atoms with van der Waals surface area (Å²) in [4.78, 5) is 14.7. The van der Waals surface area contributed by atoms with Gasteiger partial charge in [0.05, 0.1) is 12.6 Å². The average Bonchev–Trinajstić information content (AvgIpc) is 2.71. The molecule has 21 heavy (non-hydrogen) atoms. The highest BCUT2D eigenvalue weighted by Gasteiger charge is 2.41. The van der Waals surface area contributed by atoms with Crippen molar-refractivity contribution in [3.8, 4) is 6.07 Å². The highest BCUT2D eigenvalue weighted by atomic mass is 16.2. The van der Waals surface area contributed by atoms with Crippen LogP contribution in [0.4, 0.5) is 0 Å². The number of carbonyl (C=O) groups is 1. The molecule has 0 spiro atoms. The van der Waals surface area contributed by atoms with E-state index in [2.05, 4.69) is 16.3 Å². The molecule has 5 heteroatoms. The number of rotatable bonds is 3. The molecule has 2 heterocycles. The monoisotopic (exact) mass is 290 g/mol. The van der Waals surface area contributed by atoms with E-state index in [4.69, 9.17) is 5.73 Å². The number of hydrogen-bond donors (Lipinski definition) is 2. The molecule has 3 aliphatic rings. The Morgan fingerprint density at radius 3 is 2.43 bits per heavy atom. The fourth-order valence-electron chi connectivity index (χ4n) is 4.47. The van der Waals surface area contributed by atoms with Gasteiger partial charge in [-0.15, -0.1) is 0 Å². The molecule has 0 aromatic heterocycles. The van der Waals surface area contributed by atoms with Crippen molar-refractivity contribution in [2.24, 2.45) is 5.73 Å². The van der Waals surface area contributed by atoms with Crippen LogP contribution < -0.4 is 11.1 Å². The molecule has 3 N–H and O–H groups in total. The molecule has 0 aromatic carbocycles. The van der Waals surface area contributed by atoms with Crippen LogP contribution in [0, 0.1) is 11.3 Å². The first-order chi connectivity index (χ1) is 10.1. The maximum Gasteiger partial charge on any atom is 0.235 e. The molecule has 0 radical (unpaired) electrons. The molecule has 5 nitrogen and oxygen atoms in total. The third kappa shape index (κ3) is 3.07. The minimum Gasteiger partial charge on any atom is -0.337 e.